The molecular weight excluding hydrogens is 204 g/mol. The molecule has 0 atom stereocenters. The van der Waals surface area contributed by atoms with Gasteiger partial charge in [0.15, 0.2) is 0 Å². The van der Waals surface area contributed by atoms with Gasteiger partial charge >= 0.3 is 5.97 Å². The van der Waals surface area contributed by atoms with Crippen LogP contribution >= 0.6 is 22.4 Å². The van der Waals surface area contributed by atoms with Gasteiger partial charge in [-0.15, -0.1) is 11.6 Å². The molecule has 0 unspecified atom stereocenters. The second kappa shape index (κ2) is 5.19. The molecule has 0 aliphatic carbocycles. The molecule has 0 aliphatic rings. The molecular formula is C9H10O2S2. The third kappa shape index (κ3) is 3.32. The lowest BCUT2D eigenvalue weighted by Gasteiger charge is -2.05. The Labute approximate surface area is 87.6 Å². The van der Waals surface area contributed by atoms with Crippen LogP contribution in [-0.4, -0.2) is 7.09 Å². The highest BCUT2D eigenvalue weighted by atomic mass is 33.1. The minimum absolute atomic E-state index is 0.277. The molecule has 70 valence electrons. The minimum atomic E-state index is -0.289. The van der Waals surface area contributed by atoms with Gasteiger partial charge < -0.3 is 4.74 Å². The monoisotopic (exact) mass is 215 g/mol. The summed E-state index contributed by atoms with van der Waals surface area (Å²) in [5.74, 6) is -0.289. The molecule has 0 aromatic heterocycles. The van der Waals surface area contributed by atoms with Crippen LogP contribution in [0.15, 0.2) is 29.2 Å². The summed E-state index contributed by atoms with van der Waals surface area (Å²) in [7, 11) is 1.35. The topological polar surface area (TPSA) is 26.3 Å². The number of ether oxygens (including phenoxy) is 1. The number of esters is 1. The predicted molar refractivity (Wildman–Crippen MR) is 56.8 cm³/mol. The van der Waals surface area contributed by atoms with Crippen LogP contribution < -0.4 is 0 Å². The number of thiol groups is 1. The first-order valence-corrected chi connectivity index (χ1v) is 5.49. The van der Waals surface area contributed by atoms with E-state index in [-0.39, 0.29) is 12.6 Å². The molecule has 0 fully saturated rings. The van der Waals surface area contributed by atoms with E-state index in [1.165, 1.54) is 17.7 Å². The van der Waals surface area contributed by atoms with Crippen molar-refractivity contribution >= 4 is 28.3 Å². The Balaban J connectivity index is 2.68. The number of hydrogen-bond donors (Lipinski definition) is 1. The lowest BCUT2D eigenvalue weighted by Crippen LogP contribution is -1.99. The predicted octanol–water partition coefficient (Wildman–Crippen LogP) is 2.69. The SMILES string of the molecule is [2H]SSc1ccccc1COC(C)=O. The van der Waals surface area contributed by atoms with Gasteiger partial charge in [0, 0.05) is 17.4 Å². The van der Waals surface area contributed by atoms with E-state index in [1.807, 2.05) is 24.3 Å². The van der Waals surface area contributed by atoms with Gasteiger partial charge in [0.25, 0.3) is 0 Å². The fourth-order valence-electron chi connectivity index (χ4n) is 0.884. The molecule has 2 nitrogen and oxygen atoms in total. The second-order valence-corrected chi connectivity index (χ2v) is 3.58. The maximum atomic E-state index is 10.6. The fraction of sp³-hybridized carbons (Fsp3) is 0.222. The van der Waals surface area contributed by atoms with Gasteiger partial charge in [-0.25, -0.2) is 0 Å². The van der Waals surface area contributed by atoms with Crippen molar-refractivity contribution in [2.75, 3.05) is 0 Å². The maximum Gasteiger partial charge on any atom is 0.302 e. The lowest BCUT2D eigenvalue weighted by molar-refractivity contribution is -0.142. The molecule has 0 amide bonds. The van der Waals surface area contributed by atoms with Crippen LogP contribution in [-0.2, 0) is 16.1 Å². The summed E-state index contributed by atoms with van der Waals surface area (Å²) >= 11 is 0.929. The highest BCUT2D eigenvalue weighted by Gasteiger charge is 2.01. The maximum absolute atomic E-state index is 10.6. The van der Waals surface area contributed by atoms with Crippen molar-refractivity contribution in [3.8, 4) is 0 Å². The number of rotatable bonds is 4. The molecule has 1 aromatic rings. The summed E-state index contributed by atoms with van der Waals surface area (Å²) in [5.41, 5.74) is 0.937. The van der Waals surface area contributed by atoms with E-state index >= 15 is 0 Å². The average Bonchev–Trinajstić information content (AvgIpc) is 2.17. The van der Waals surface area contributed by atoms with Crippen molar-refractivity contribution < 1.29 is 9.53 Å². The summed E-state index contributed by atoms with van der Waals surface area (Å²) < 4.78 is 11.9. The number of carbonyl (C=O) groups is 1. The van der Waals surface area contributed by atoms with Crippen LogP contribution in [0.25, 0.3) is 0 Å². The molecule has 0 aliphatic heterocycles. The Morgan fingerprint density at radius 3 is 3.15 bits per heavy atom. The Hall–Kier alpha value is -0.610. The fourth-order valence-corrected chi connectivity index (χ4v) is 1.74. The molecule has 1 rings (SSSR count). The zero-order chi connectivity index (χ0) is 10.4. The Kier molecular flexibility index (Phi) is 3.58. The molecule has 0 N–H and O–H groups in total. The Bertz CT molecular complexity index is 317. The minimum Gasteiger partial charge on any atom is -0.461 e. The van der Waals surface area contributed by atoms with Gasteiger partial charge in [-0.2, -0.15) is 0 Å². The van der Waals surface area contributed by atoms with Gasteiger partial charge in [0.2, 0.25) is 0 Å². The van der Waals surface area contributed by atoms with Crippen LogP contribution in [0.3, 0.4) is 0 Å². The van der Waals surface area contributed by atoms with E-state index in [0.717, 1.165) is 22.0 Å². The highest BCUT2D eigenvalue weighted by molar-refractivity contribution is 8.68. The van der Waals surface area contributed by atoms with Crippen LogP contribution in [0.1, 0.15) is 12.5 Å². The van der Waals surface area contributed by atoms with E-state index in [4.69, 9.17) is 5.86 Å². The van der Waals surface area contributed by atoms with Gasteiger partial charge in [-0.3, -0.25) is 4.79 Å². The zero-order valence-electron chi connectivity index (χ0n) is 8.15. The first kappa shape index (κ1) is 8.97. The Morgan fingerprint density at radius 1 is 1.69 bits per heavy atom. The molecule has 0 radical (unpaired) electrons. The van der Waals surface area contributed by atoms with E-state index in [0.29, 0.717) is 0 Å². The highest BCUT2D eigenvalue weighted by Crippen LogP contribution is 2.25. The number of benzene rings is 1. The normalized spacial score (nSPS) is 10.7. The van der Waals surface area contributed by atoms with E-state index < -0.39 is 0 Å². The van der Waals surface area contributed by atoms with Crippen molar-refractivity contribution in [3.63, 3.8) is 0 Å². The summed E-state index contributed by atoms with van der Waals surface area (Å²) in [6.07, 6.45) is 0. The molecule has 0 saturated heterocycles. The molecule has 1 aromatic carbocycles. The van der Waals surface area contributed by atoms with E-state index in [1.54, 1.807) is 0 Å². The first-order chi connectivity index (χ1) is 6.74. The third-order valence-corrected chi connectivity index (χ3v) is 2.61. The van der Waals surface area contributed by atoms with Gasteiger partial charge in [-0.1, -0.05) is 29.0 Å². The van der Waals surface area contributed by atoms with Crippen molar-refractivity contribution in [1.82, 2.24) is 0 Å². The first-order valence-electron chi connectivity index (χ1n) is 4.16. The summed E-state index contributed by atoms with van der Waals surface area (Å²) in [6.45, 7) is 1.66. The molecule has 13 heavy (non-hydrogen) atoms. The van der Waals surface area contributed by atoms with Crippen LogP contribution in [0.4, 0.5) is 0 Å². The van der Waals surface area contributed by atoms with E-state index in [9.17, 15) is 4.79 Å². The smallest absolute Gasteiger partial charge is 0.302 e. The third-order valence-electron chi connectivity index (χ3n) is 1.49. The summed E-state index contributed by atoms with van der Waals surface area (Å²) in [5, 5.41) is 0. The standard InChI is InChI=1S/C9H10O2S2/c1-7(10)11-6-8-4-2-3-5-9(8)13-12/h2-5,12H,6H2,1H3/i/hD. The van der Waals surface area contributed by atoms with Crippen molar-refractivity contribution in [2.24, 2.45) is 0 Å². The summed E-state index contributed by atoms with van der Waals surface area (Å²) in [6, 6.07) is 7.58. The quantitative estimate of drug-likeness (QED) is 0.475. The molecule has 0 spiro atoms. The van der Waals surface area contributed by atoms with Crippen molar-refractivity contribution in [2.45, 2.75) is 18.4 Å². The van der Waals surface area contributed by atoms with Gasteiger partial charge in [0.05, 0.1) is 0 Å². The molecule has 0 bridgehead atoms. The van der Waals surface area contributed by atoms with Gasteiger partial charge in [0.1, 0.15) is 7.73 Å². The van der Waals surface area contributed by atoms with Crippen molar-refractivity contribution in [3.05, 3.63) is 29.8 Å². The van der Waals surface area contributed by atoms with E-state index in [2.05, 4.69) is 0 Å². The average molecular weight is 215 g/mol. The lowest BCUT2D eigenvalue weighted by atomic mass is 10.2. The largest absolute Gasteiger partial charge is 0.461 e. The molecule has 0 saturated carbocycles. The van der Waals surface area contributed by atoms with Crippen LogP contribution in [0.2, 0.25) is 0 Å². The van der Waals surface area contributed by atoms with Crippen LogP contribution in [0, 0.1) is 0 Å². The summed E-state index contributed by atoms with van der Waals surface area (Å²) in [4.78, 5) is 11.6. The Morgan fingerprint density at radius 2 is 2.46 bits per heavy atom. The number of hydrogen-bond acceptors (Lipinski definition) is 4. The van der Waals surface area contributed by atoms with Gasteiger partial charge in [-0.05, 0) is 6.07 Å². The second-order valence-electron chi connectivity index (χ2n) is 2.47. The number of carbonyl (C=O) groups excluding carboxylic acids is 1. The van der Waals surface area contributed by atoms with Crippen molar-refractivity contribution in [1.29, 1.82) is 1.12 Å². The van der Waals surface area contributed by atoms with Crippen LogP contribution in [0.5, 0.6) is 0 Å². The zero-order valence-corrected chi connectivity index (χ0v) is 8.78. The molecule has 0 heterocycles. The molecule has 4 heteroatoms.